The molecular formula is C36H52N2O12. The van der Waals surface area contributed by atoms with Gasteiger partial charge in [0, 0.05) is 6.07 Å². The number of rotatable bonds is 23. The number of carbonyl (C=O) groups is 5. The van der Waals surface area contributed by atoms with Gasteiger partial charge in [-0.25, -0.2) is 0 Å². The van der Waals surface area contributed by atoms with Gasteiger partial charge >= 0.3 is 23.9 Å². The van der Waals surface area contributed by atoms with Crippen LogP contribution < -0.4 is 24.0 Å². The van der Waals surface area contributed by atoms with Crippen molar-refractivity contribution in [2.45, 2.75) is 52.9 Å². The molecule has 0 aliphatic heterocycles. The molecule has 0 spiro atoms. The van der Waals surface area contributed by atoms with Crippen molar-refractivity contribution in [3.05, 3.63) is 42.0 Å². The van der Waals surface area contributed by atoms with Gasteiger partial charge < -0.3 is 43.0 Å². The maximum absolute atomic E-state index is 12.3. The van der Waals surface area contributed by atoms with E-state index >= 15 is 0 Å². The second kappa shape index (κ2) is 25.0. The van der Waals surface area contributed by atoms with Crippen LogP contribution in [0.4, 0.5) is 11.4 Å². The van der Waals surface area contributed by atoms with E-state index < -0.39 is 23.9 Å². The van der Waals surface area contributed by atoms with Crippen LogP contribution in [0.1, 0.15) is 63.2 Å². The number of hydrogen-bond acceptors (Lipinski definition) is 14. The lowest BCUT2D eigenvalue weighted by Gasteiger charge is -2.26. The van der Waals surface area contributed by atoms with Crippen LogP contribution in [0.5, 0.6) is 17.2 Å². The molecule has 0 aliphatic rings. The first-order valence-electron chi connectivity index (χ1n) is 16.6. The summed E-state index contributed by atoms with van der Waals surface area (Å²) in [4.78, 5) is 63.7. The van der Waals surface area contributed by atoms with Gasteiger partial charge in [-0.1, -0.05) is 58.6 Å². The molecule has 0 heterocycles. The third-order valence-electron chi connectivity index (χ3n) is 7.06. The summed E-state index contributed by atoms with van der Waals surface area (Å²) >= 11 is 0. The van der Waals surface area contributed by atoms with E-state index in [0.29, 0.717) is 24.3 Å². The predicted molar refractivity (Wildman–Crippen MR) is 187 cm³/mol. The molecule has 2 aromatic carbocycles. The minimum absolute atomic E-state index is 0.00219. The fraction of sp³-hybridized carbons (Fsp3) is 0.528. The molecular weight excluding hydrogens is 652 g/mol. The van der Waals surface area contributed by atoms with E-state index in [1.165, 1.54) is 50.4 Å². The molecule has 14 heteroatoms. The summed E-state index contributed by atoms with van der Waals surface area (Å²) in [7, 11) is 4.93. The molecule has 2 rings (SSSR count). The molecule has 0 atom stereocenters. The van der Waals surface area contributed by atoms with E-state index in [1.807, 2.05) is 13.8 Å². The van der Waals surface area contributed by atoms with Crippen LogP contribution in [0, 0.1) is 0 Å². The topological polar surface area (TPSA) is 156 Å². The Labute approximate surface area is 294 Å². The Kier molecular flexibility index (Phi) is 21.5. The Morgan fingerprint density at radius 3 is 1.54 bits per heavy atom. The summed E-state index contributed by atoms with van der Waals surface area (Å²) < 4.78 is 37.3. The second-order valence-electron chi connectivity index (χ2n) is 10.4. The summed E-state index contributed by atoms with van der Waals surface area (Å²) in [5.74, 6) is -1.54. The van der Waals surface area contributed by atoms with Crippen LogP contribution in [0.25, 0.3) is 0 Å². The van der Waals surface area contributed by atoms with Crippen molar-refractivity contribution in [3.63, 3.8) is 0 Å². The van der Waals surface area contributed by atoms with Gasteiger partial charge in [-0.2, -0.15) is 0 Å². The zero-order chi connectivity index (χ0) is 37.3. The lowest BCUT2D eigenvalue weighted by atomic mass is 10.1. The van der Waals surface area contributed by atoms with E-state index in [9.17, 15) is 24.0 Å². The van der Waals surface area contributed by atoms with Gasteiger partial charge in [0.05, 0.1) is 52.0 Å². The smallest absolute Gasteiger partial charge is 0.325 e. The number of nitrogens with zero attached hydrogens (tertiary/aromatic N) is 2. The molecule has 0 radical (unpaired) electrons. The first-order chi connectivity index (χ1) is 24.2. The summed E-state index contributed by atoms with van der Waals surface area (Å²) in [5.41, 5.74) is 0.902. The van der Waals surface area contributed by atoms with E-state index in [-0.39, 0.29) is 62.1 Å². The molecule has 50 heavy (non-hydrogen) atoms. The molecule has 0 aliphatic carbocycles. The average Bonchev–Trinajstić information content (AvgIpc) is 3.14. The van der Waals surface area contributed by atoms with Crippen LogP contribution in [0.2, 0.25) is 0 Å². The highest BCUT2D eigenvalue weighted by atomic mass is 16.5. The van der Waals surface area contributed by atoms with Crippen molar-refractivity contribution in [1.82, 2.24) is 0 Å². The van der Waals surface area contributed by atoms with E-state index in [0.717, 1.165) is 32.1 Å². The molecule has 278 valence electrons. The van der Waals surface area contributed by atoms with Gasteiger partial charge in [0.2, 0.25) is 0 Å². The highest BCUT2D eigenvalue weighted by Gasteiger charge is 2.23. The normalized spacial score (nSPS) is 10.1. The minimum atomic E-state index is -0.631. The van der Waals surface area contributed by atoms with Crippen LogP contribution in [-0.4, -0.2) is 105 Å². The molecule has 0 amide bonds. The fourth-order valence-electron chi connectivity index (χ4n) is 4.51. The van der Waals surface area contributed by atoms with Crippen molar-refractivity contribution in [2.24, 2.45) is 0 Å². The van der Waals surface area contributed by atoms with Gasteiger partial charge in [0.25, 0.3) is 0 Å². The average molecular weight is 705 g/mol. The molecule has 0 N–H and O–H groups in total. The number of methoxy groups -OCH3 is 4. The van der Waals surface area contributed by atoms with Gasteiger partial charge in [-0.3, -0.25) is 24.0 Å². The van der Waals surface area contributed by atoms with Crippen LogP contribution in [0.3, 0.4) is 0 Å². The molecule has 2 aromatic rings. The Bertz CT molecular complexity index is 1310. The fourth-order valence-corrected chi connectivity index (χ4v) is 4.51. The van der Waals surface area contributed by atoms with Crippen molar-refractivity contribution < 1.29 is 57.1 Å². The molecule has 0 fully saturated rings. The zero-order valence-corrected chi connectivity index (χ0v) is 30.3. The van der Waals surface area contributed by atoms with E-state index in [1.54, 1.807) is 24.3 Å². The maximum atomic E-state index is 12.3. The Hall–Kier alpha value is -5.01. The number of hydrogen-bond donors (Lipinski definition) is 0. The molecule has 0 saturated heterocycles. The Balaban J connectivity index is 0.00000613. The van der Waals surface area contributed by atoms with E-state index in [4.69, 9.17) is 33.2 Å². The lowest BCUT2D eigenvalue weighted by molar-refractivity contribution is -0.141. The highest BCUT2D eigenvalue weighted by molar-refractivity contribution is 5.87. The molecule has 0 unspecified atom stereocenters. The molecule has 0 saturated carbocycles. The molecule has 14 nitrogen and oxygen atoms in total. The minimum Gasteiger partial charge on any atom is -0.493 e. The zero-order valence-electron chi connectivity index (χ0n) is 30.3. The van der Waals surface area contributed by atoms with Crippen LogP contribution in [-0.2, 0) is 38.1 Å². The number of unbranched alkanes of at least 4 members (excludes halogenated alkanes) is 4. The number of para-hydroxylation sites is 2. The number of ether oxygens (including phenoxy) is 7. The second-order valence-corrected chi connectivity index (χ2v) is 10.4. The number of anilines is 2. The van der Waals surface area contributed by atoms with Crippen molar-refractivity contribution in [2.75, 3.05) is 84.2 Å². The third kappa shape index (κ3) is 15.0. The Morgan fingerprint density at radius 1 is 0.580 bits per heavy atom. The standard InChI is InChI=1S/C34H46N2O12.C2H6/c1-6-7-8-9-12-15-46-29-19-30(27(18-25(29)24-37)36(22-33(40)44-4)23-34(41)45-5)48-17-16-47-28-14-11-10-13-26(28)35(20-31(38)42-2)21-32(39)43-3;1-2/h10-11,13-14,18-19,24H,6-9,12,15-17,20-23H2,1-5H3;1-2H3. The molecule has 0 bridgehead atoms. The number of aldehydes is 1. The predicted octanol–water partition coefficient (Wildman–Crippen LogP) is 4.64. The van der Waals surface area contributed by atoms with Crippen LogP contribution in [0.15, 0.2) is 36.4 Å². The first kappa shape index (κ1) is 43.0. The highest BCUT2D eigenvalue weighted by Crippen LogP contribution is 2.36. The van der Waals surface area contributed by atoms with Crippen molar-refractivity contribution in [1.29, 1.82) is 0 Å². The SMILES string of the molecule is CC.CCCCCCCOc1cc(OCCOc2ccccc2N(CC(=O)OC)CC(=O)OC)c(N(CC(=O)OC)CC(=O)OC)cc1C=O. The first-order valence-corrected chi connectivity index (χ1v) is 16.6. The number of esters is 4. The summed E-state index contributed by atoms with van der Waals surface area (Å²) in [6.45, 7) is 5.35. The summed E-state index contributed by atoms with van der Waals surface area (Å²) in [6, 6.07) is 9.82. The van der Waals surface area contributed by atoms with Gasteiger partial charge in [0.15, 0.2) is 6.29 Å². The van der Waals surface area contributed by atoms with Gasteiger partial charge in [0.1, 0.15) is 56.6 Å². The largest absolute Gasteiger partial charge is 0.493 e. The number of carbonyl (C=O) groups excluding carboxylic acids is 5. The summed E-state index contributed by atoms with van der Waals surface area (Å²) in [5, 5.41) is 0. The quantitative estimate of drug-likeness (QED) is 0.0682. The van der Waals surface area contributed by atoms with E-state index in [2.05, 4.69) is 6.92 Å². The summed E-state index contributed by atoms with van der Waals surface area (Å²) in [6.07, 6.45) is 5.72. The Morgan fingerprint density at radius 2 is 1.04 bits per heavy atom. The van der Waals surface area contributed by atoms with Gasteiger partial charge in [-0.05, 0) is 24.6 Å². The van der Waals surface area contributed by atoms with Crippen LogP contribution >= 0.6 is 0 Å². The van der Waals surface area contributed by atoms with Gasteiger partial charge in [-0.15, -0.1) is 0 Å². The number of benzene rings is 2. The monoisotopic (exact) mass is 704 g/mol. The lowest BCUT2D eigenvalue weighted by Crippen LogP contribution is -2.36. The van der Waals surface area contributed by atoms with Crippen molar-refractivity contribution >= 4 is 41.5 Å². The maximum Gasteiger partial charge on any atom is 0.325 e. The van der Waals surface area contributed by atoms with Crippen molar-refractivity contribution in [3.8, 4) is 17.2 Å². The third-order valence-corrected chi connectivity index (χ3v) is 7.06. The molecule has 0 aromatic heterocycles.